The maximum atomic E-state index is 13.4. The maximum absolute atomic E-state index is 13.4. The van der Waals surface area contributed by atoms with E-state index in [9.17, 15) is 14.5 Å². The Bertz CT molecular complexity index is 1180. The zero-order valence-electron chi connectivity index (χ0n) is 18.8. The van der Waals surface area contributed by atoms with Crippen molar-refractivity contribution in [3.05, 3.63) is 59.4 Å². The lowest BCUT2D eigenvalue weighted by atomic mass is 10.1. The average Bonchev–Trinajstić information content (AvgIpc) is 3.06. The number of nitrogens with two attached hydrogens (primary N) is 1. The molecule has 1 unspecified atom stereocenters. The van der Waals surface area contributed by atoms with Crippen LogP contribution >= 0.6 is 19.8 Å². The Morgan fingerprint density at radius 2 is 1.91 bits per heavy atom. The van der Waals surface area contributed by atoms with E-state index in [2.05, 4.69) is 6.92 Å². The van der Waals surface area contributed by atoms with E-state index >= 15 is 0 Å². The summed E-state index contributed by atoms with van der Waals surface area (Å²) in [7, 11) is -1.63. The number of fused-ring (bicyclic) bond motifs is 1. The molecule has 0 aliphatic heterocycles. The first-order valence-electron chi connectivity index (χ1n) is 10.6. The molecule has 0 bridgehead atoms. The molecule has 0 amide bonds. The molecule has 0 saturated heterocycles. The second-order valence-corrected chi connectivity index (χ2v) is 10.3. The van der Waals surface area contributed by atoms with E-state index in [-0.39, 0.29) is 24.8 Å². The lowest BCUT2D eigenvalue weighted by Gasteiger charge is -2.17. The standard InChI is InChI=1S/C23H29N4O4P.ClH/c1-3-4-5-12-31-32(30,15-22(28)29)18-10-11-20-19(14-18)26-21(27(20)2)13-16-6-8-17(9-7-16)23(24)25;/h6-11,14H,3-5,12-13,15H2,1-2H3,(H3,24,25)(H,28,29);1H. The number of nitrogens with one attached hydrogen (secondary N) is 1. The Hall–Kier alpha value is -2.67. The zero-order valence-corrected chi connectivity index (χ0v) is 20.5. The van der Waals surface area contributed by atoms with Gasteiger partial charge in [0.25, 0.3) is 0 Å². The van der Waals surface area contributed by atoms with Gasteiger partial charge in [-0.1, -0.05) is 44.0 Å². The number of aromatic nitrogens is 2. The van der Waals surface area contributed by atoms with E-state index < -0.39 is 19.5 Å². The van der Waals surface area contributed by atoms with Crippen molar-refractivity contribution in [3.63, 3.8) is 0 Å². The van der Waals surface area contributed by atoms with E-state index in [0.29, 0.717) is 22.8 Å². The molecule has 178 valence electrons. The third-order valence-corrected chi connectivity index (χ3v) is 7.72. The fraction of sp³-hybridized carbons (Fsp3) is 0.348. The molecule has 1 atom stereocenters. The first-order valence-corrected chi connectivity index (χ1v) is 12.4. The molecule has 0 radical (unpaired) electrons. The summed E-state index contributed by atoms with van der Waals surface area (Å²) < 4.78 is 21.1. The number of aliphatic carboxylic acids is 1. The summed E-state index contributed by atoms with van der Waals surface area (Å²) in [6.45, 7) is 2.32. The number of hydrogen-bond donors (Lipinski definition) is 3. The van der Waals surface area contributed by atoms with Gasteiger partial charge in [-0.2, -0.15) is 0 Å². The van der Waals surface area contributed by atoms with Gasteiger partial charge in [0.15, 0.2) is 0 Å². The molecule has 2 aromatic carbocycles. The summed E-state index contributed by atoms with van der Waals surface area (Å²) in [5.41, 5.74) is 8.69. The van der Waals surface area contributed by atoms with Gasteiger partial charge < -0.3 is 19.9 Å². The first-order chi connectivity index (χ1) is 15.2. The second kappa shape index (κ2) is 11.5. The monoisotopic (exact) mass is 492 g/mol. The predicted molar refractivity (Wildman–Crippen MR) is 133 cm³/mol. The van der Waals surface area contributed by atoms with Gasteiger partial charge >= 0.3 is 5.97 Å². The summed E-state index contributed by atoms with van der Waals surface area (Å²) in [5, 5.41) is 17.2. The largest absolute Gasteiger partial charge is 0.481 e. The van der Waals surface area contributed by atoms with Gasteiger partial charge in [-0.3, -0.25) is 14.8 Å². The van der Waals surface area contributed by atoms with E-state index in [4.69, 9.17) is 20.7 Å². The minimum atomic E-state index is -3.54. The van der Waals surface area contributed by atoms with Crippen molar-refractivity contribution in [1.82, 2.24) is 9.55 Å². The Morgan fingerprint density at radius 1 is 1.21 bits per heavy atom. The van der Waals surface area contributed by atoms with E-state index in [1.54, 1.807) is 24.3 Å². The highest BCUT2D eigenvalue weighted by Crippen LogP contribution is 2.46. The van der Waals surface area contributed by atoms with Crippen molar-refractivity contribution in [2.45, 2.75) is 32.6 Å². The van der Waals surface area contributed by atoms with E-state index in [0.717, 1.165) is 36.2 Å². The van der Waals surface area contributed by atoms with Crippen molar-refractivity contribution in [2.75, 3.05) is 12.8 Å². The number of nitrogen functional groups attached to an aromatic ring is 1. The molecule has 10 heteroatoms. The lowest BCUT2D eigenvalue weighted by molar-refractivity contribution is -0.134. The number of unbranched alkanes of at least 4 members (excludes halogenated alkanes) is 2. The average molecular weight is 493 g/mol. The summed E-state index contributed by atoms with van der Waals surface area (Å²) in [6.07, 6.45) is 2.68. The van der Waals surface area contributed by atoms with Crippen LogP contribution in [0.25, 0.3) is 11.0 Å². The summed E-state index contributed by atoms with van der Waals surface area (Å²) in [4.78, 5) is 16.1. The smallest absolute Gasteiger partial charge is 0.313 e. The van der Waals surface area contributed by atoms with Gasteiger partial charge in [0.2, 0.25) is 7.37 Å². The van der Waals surface area contributed by atoms with Gasteiger partial charge in [-0.15, -0.1) is 12.4 Å². The molecule has 4 N–H and O–H groups in total. The van der Waals surface area contributed by atoms with Crippen LogP contribution in [0.2, 0.25) is 0 Å². The third-order valence-electron chi connectivity index (χ3n) is 5.37. The Labute approximate surface area is 199 Å². The number of aryl methyl sites for hydroxylation is 1. The fourth-order valence-electron chi connectivity index (χ4n) is 3.55. The quantitative estimate of drug-likeness (QED) is 0.160. The number of halogens is 1. The summed E-state index contributed by atoms with van der Waals surface area (Å²) in [6, 6.07) is 12.6. The highest BCUT2D eigenvalue weighted by Gasteiger charge is 2.30. The molecule has 8 nitrogen and oxygen atoms in total. The van der Waals surface area contributed by atoms with Crippen LogP contribution in [0.4, 0.5) is 0 Å². The Morgan fingerprint density at radius 3 is 2.52 bits per heavy atom. The zero-order chi connectivity index (χ0) is 23.3. The van der Waals surface area contributed by atoms with Crippen LogP contribution in [0.15, 0.2) is 42.5 Å². The molecule has 0 aliphatic carbocycles. The van der Waals surface area contributed by atoms with E-state index in [1.807, 2.05) is 29.8 Å². The molecule has 3 rings (SSSR count). The number of carboxylic acids is 1. The van der Waals surface area contributed by atoms with Crippen LogP contribution in [0.1, 0.15) is 43.1 Å². The molecular weight excluding hydrogens is 463 g/mol. The van der Waals surface area contributed by atoms with Crippen LogP contribution < -0.4 is 11.0 Å². The Balaban J connectivity index is 0.00000385. The number of amidine groups is 1. The van der Waals surface area contributed by atoms with Crippen LogP contribution in [-0.2, 0) is 27.4 Å². The number of carboxylic acid groups (broad SMARTS) is 1. The predicted octanol–water partition coefficient (Wildman–Crippen LogP) is 4.06. The van der Waals surface area contributed by atoms with Crippen LogP contribution in [-0.4, -0.2) is 39.2 Å². The summed E-state index contributed by atoms with van der Waals surface area (Å²) in [5.74, 6) is -0.321. The van der Waals surface area contributed by atoms with E-state index in [1.165, 1.54) is 0 Å². The molecule has 0 fully saturated rings. The fourth-order valence-corrected chi connectivity index (χ4v) is 5.37. The molecule has 0 aliphatic rings. The van der Waals surface area contributed by atoms with Crippen molar-refractivity contribution >= 4 is 47.9 Å². The topological polar surface area (TPSA) is 131 Å². The lowest BCUT2D eigenvalue weighted by Crippen LogP contribution is -2.16. The molecule has 3 aromatic rings. The van der Waals surface area contributed by atoms with Gasteiger partial charge in [-0.25, -0.2) is 4.98 Å². The highest BCUT2D eigenvalue weighted by molar-refractivity contribution is 7.67. The van der Waals surface area contributed by atoms with Crippen molar-refractivity contribution in [2.24, 2.45) is 12.8 Å². The normalized spacial score (nSPS) is 12.8. The molecule has 1 heterocycles. The SMILES string of the molecule is CCCCCOP(=O)(CC(=O)O)c1ccc2c(c1)nc(Cc1ccc(C(=N)N)cc1)n2C.Cl. The highest BCUT2D eigenvalue weighted by atomic mass is 35.5. The number of imidazole rings is 1. The van der Waals surface area contributed by atoms with Crippen LogP contribution in [0, 0.1) is 5.41 Å². The van der Waals surface area contributed by atoms with Crippen molar-refractivity contribution < 1.29 is 19.0 Å². The number of carbonyl (C=O) groups is 1. The van der Waals surface area contributed by atoms with Gasteiger partial charge in [-0.05, 0) is 30.2 Å². The van der Waals surface area contributed by atoms with Gasteiger partial charge in [0, 0.05) is 24.3 Å². The molecule has 0 saturated carbocycles. The molecule has 1 aromatic heterocycles. The Kier molecular flexibility index (Phi) is 9.23. The van der Waals surface area contributed by atoms with Crippen molar-refractivity contribution in [3.8, 4) is 0 Å². The third kappa shape index (κ3) is 6.44. The molecule has 33 heavy (non-hydrogen) atoms. The first kappa shape index (κ1) is 26.6. The molecule has 0 spiro atoms. The minimum Gasteiger partial charge on any atom is -0.481 e. The van der Waals surface area contributed by atoms with Crippen LogP contribution in [0.5, 0.6) is 0 Å². The maximum Gasteiger partial charge on any atom is 0.313 e. The minimum absolute atomic E-state index is 0. The number of benzene rings is 2. The summed E-state index contributed by atoms with van der Waals surface area (Å²) >= 11 is 0. The number of hydrogen-bond acceptors (Lipinski definition) is 5. The van der Waals surface area contributed by atoms with Gasteiger partial charge in [0.1, 0.15) is 17.8 Å². The number of rotatable bonds is 11. The number of nitrogens with zero attached hydrogens (tertiary/aromatic N) is 2. The van der Waals surface area contributed by atoms with Gasteiger partial charge in [0.05, 0.1) is 17.6 Å². The second-order valence-electron chi connectivity index (χ2n) is 7.81. The van der Waals surface area contributed by atoms with Crippen LogP contribution in [0.3, 0.4) is 0 Å². The van der Waals surface area contributed by atoms with Crippen molar-refractivity contribution in [1.29, 1.82) is 5.41 Å². The molecular formula is C23H30ClN4O4P.